The summed E-state index contributed by atoms with van der Waals surface area (Å²) in [7, 11) is 0. The maximum absolute atomic E-state index is 13.7. The van der Waals surface area contributed by atoms with Crippen molar-refractivity contribution in [2.24, 2.45) is 0 Å². The molecule has 5 nitrogen and oxygen atoms in total. The smallest absolute Gasteiger partial charge is 0.336 e. The van der Waals surface area contributed by atoms with Gasteiger partial charge in [-0.15, -0.1) is 0 Å². The van der Waals surface area contributed by atoms with Gasteiger partial charge in [0.1, 0.15) is 19.0 Å². The summed E-state index contributed by atoms with van der Waals surface area (Å²) in [6.07, 6.45) is 1.05. The average Bonchev–Trinajstić information content (AvgIpc) is 2.91. The van der Waals surface area contributed by atoms with Gasteiger partial charge in [0.25, 0.3) is 0 Å². The molecular weight excluding hydrogens is 486 g/mol. The summed E-state index contributed by atoms with van der Waals surface area (Å²) in [6.45, 7) is 2.15. The summed E-state index contributed by atoms with van der Waals surface area (Å²) in [5, 5.41) is 3.88. The zero-order valence-corrected chi connectivity index (χ0v) is 21.3. The molecule has 0 fully saturated rings. The number of ether oxygens (including phenoxy) is 2. The molecule has 2 aliphatic rings. The van der Waals surface area contributed by atoms with E-state index in [4.69, 9.17) is 21.1 Å². The van der Waals surface area contributed by atoms with Crippen LogP contribution < -0.4 is 10.1 Å². The second kappa shape index (κ2) is 11.1. The second-order valence-corrected chi connectivity index (χ2v) is 9.65. The zero-order chi connectivity index (χ0) is 25.8. The quantitative estimate of drug-likeness (QED) is 0.295. The predicted molar refractivity (Wildman–Crippen MR) is 143 cm³/mol. The Morgan fingerprint density at radius 3 is 2.32 bits per heavy atom. The van der Waals surface area contributed by atoms with Gasteiger partial charge in [-0.05, 0) is 48.6 Å². The fraction of sp³-hybridized carbons (Fsp3) is 0.226. The summed E-state index contributed by atoms with van der Waals surface area (Å²) in [6, 6.07) is 26.8. The Bertz CT molecular complexity index is 1360. The monoisotopic (exact) mass is 513 g/mol. The predicted octanol–water partition coefficient (Wildman–Crippen LogP) is 6.32. The largest absolute Gasteiger partial charge is 0.490 e. The average molecular weight is 514 g/mol. The van der Waals surface area contributed by atoms with E-state index in [0.717, 1.165) is 16.8 Å². The van der Waals surface area contributed by atoms with Crippen LogP contribution in [0.2, 0.25) is 5.02 Å². The summed E-state index contributed by atoms with van der Waals surface area (Å²) in [4.78, 5) is 27.1. The van der Waals surface area contributed by atoms with Crippen LogP contribution in [0.1, 0.15) is 42.7 Å². The summed E-state index contributed by atoms with van der Waals surface area (Å²) >= 11 is 6.62. The molecule has 37 heavy (non-hydrogen) atoms. The third-order valence-electron chi connectivity index (χ3n) is 6.86. The van der Waals surface area contributed by atoms with E-state index in [9.17, 15) is 9.59 Å². The van der Waals surface area contributed by atoms with Gasteiger partial charge in [0.15, 0.2) is 5.78 Å². The highest BCUT2D eigenvalue weighted by atomic mass is 35.5. The number of allylic oxidation sites excluding steroid dienone is 3. The molecule has 0 bridgehead atoms. The topological polar surface area (TPSA) is 64.6 Å². The van der Waals surface area contributed by atoms with Crippen molar-refractivity contribution in [2.75, 3.05) is 13.2 Å². The first-order valence-electron chi connectivity index (χ1n) is 12.4. The lowest BCUT2D eigenvalue weighted by atomic mass is 9.71. The van der Waals surface area contributed by atoms with E-state index in [2.05, 4.69) is 17.4 Å². The molecule has 1 N–H and O–H groups in total. The molecular formula is C31H28ClNO4. The Morgan fingerprint density at radius 1 is 0.919 bits per heavy atom. The number of ketones is 1. The van der Waals surface area contributed by atoms with E-state index in [1.165, 1.54) is 0 Å². The second-order valence-electron chi connectivity index (χ2n) is 9.25. The third kappa shape index (κ3) is 5.32. The number of carbonyl (C=O) groups is 2. The first-order valence-corrected chi connectivity index (χ1v) is 12.8. The number of hydrogen-bond acceptors (Lipinski definition) is 5. The van der Waals surface area contributed by atoms with Crippen molar-refractivity contribution in [3.05, 3.63) is 124 Å². The molecule has 5 rings (SSSR count). The first kappa shape index (κ1) is 24.8. The summed E-state index contributed by atoms with van der Waals surface area (Å²) < 4.78 is 11.3. The lowest BCUT2D eigenvalue weighted by molar-refractivity contribution is -0.140. The van der Waals surface area contributed by atoms with Crippen molar-refractivity contribution >= 4 is 23.4 Å². The molecule has 188 valence electrons. The normalized spacial score (nSPS) is 19.2. The fourth-order valence-corrected chi connectivity index (χ4v) is 5.42. The van der Waals surface area contributed by atoms with Crippen molar-refractivity contribution < 1.29 is 19.1 Å². The lowest BCUT2D eigenvalue weighted by Crippen LogP contribution is -2.36. The Balaban J connectivity index is 1.42. The molecule has 0 radical (unpaired) electrons. The lowest BCUT2D eigenvalue weighted by Gasteiger charge is -2.37. The molecule has 3 aromatic rings. The van der Waals surface area contributed by atoms with Gasteiger partial charge in [-0.1, -0.05) is 78.3 Å². The highest BCUT2D eigenvalue weighted by molar-refractivity contribution is 6.31. The van der Waals surface area contributed by atoms with Crippen LogP contribution in [-0.2, 0) is 14.3 Å². The minimum Gasteiger partial charge on any atom is -0.490 e. The van der Waals surface area contributed by atoms with Crippen LogP contribution in [0.4, 0.5) is 0 Å². The van der Waals surface area contributed by atoms with E-state index >= 15 is 0 Å². The van der Waals surface area contributed by atoms with Crippen molar-refractivity contribution in [3.8, 4) is 5.75 Å². The number of benzene rings is 3. The van der Waals surface area contributed by atoms with Gasteiger partial charge in [0, 0.05) is 34.3 Å². The van der Waals surface area contributed by atoms with Gasteiger partial charge >= 0.3 is 5.97 Å². The van der Waals surface area contributed by atoms with Gasteiger partial charge in [-0.25, -0.2) is 4.79 Å². The molecule has 0 unspecified atom stereocenters. The molecule has 6 heteroatoms. The van der Waals surface area contributed by atoms with E-state index in [0.29, 0.717) is 40.5 Å². The van der Waals surface area contributed by atoms with Crippen molar-refractivity contribution in [2.45, 2.75) is 31.6 Å². The van der Waals surface area contributed by atoms with Crippen molar-refractivity contribution in [3.63, 3.8) is 0 Å². The summed E-state index contributed by atoms with van der Waals surface area (Å²) in [5.41, 5.74) is 4.35. The highest BCUT2D eigenvalue weighted by Crippen LogP contribution is 2.47. The van der Waals surface area contributed by atoms with E-state index in [1.807, 2.05) is 73.7 Å². The highest BCUT2D eigenvalue weighted by Gasteiger charge is 2.42. The number of Topliss-reactive ketones (excluding diaryl/α,β-unsaturated/α-hetero) is 1. The van der Waals surface area contributed by atoms with E-state index in [1.54, 1.807) is 6.07 Å². The van der Waals surface area contributed by atoms with Crippen molar-refractivity contribution in [1.29, 1.82) is 0 Å². The Morgan fingerprint density at radius 2 is 1.59 bits per heavy atom. The molecule has 0 amide bonds. The van der Waals surface area contributed by atoms with Gasteiger partial charge < -0.3 is 14.8 Å². The van der Waals surface area contributed by atoms with E-state index < -0.39 is 11.9 Å². The number of esters is 1. The molecule has 1 heterocycles. The van der Waals surface area contributed by atoms with Crippen LogP contribution in [0, 0.1) is 0 Å². The fourth-order valence-electron chi connectivity index (χ4n) is 5.18. The molecule has 3 aromatic carbocycles. The first-order chi connectivity index (χ1) is 18.0. The van der Waals surface area contributed by atoms with Crippen LogP contribution >= 0.6 is 11.6 Å². The maximum Gasteiger partial charge on any atom is 0.336 e. The maximum atomic E-state index is 13.7. The zero-order valence-electron chi connectivity index (χ0n) is 20.6. The van der Waals surface area contributed by atoms with Gasteiger partial charge in [-0.3, -0.25) is 4.79 Å². The molecule has 0 saturated heterocycles. The Kier molecular flexibility index (Phi) is 7.42. The van der Waals surface area contributed by atoms with Crippen LogP contribution in [0.5, 0.6) is 5.75 Å². The molecule has 1 aliphatic heterocycles. The van der Waals surface area contributed by atoms with Gasteiger partial charge in [0.05, 0.1) is 5.57 Å². The molecule has 0 aromatic heterocycles. The SMILES string of the molecule is CC1=C(C(=O)OCCOc2ccccc2)[C@H](c2ccccc2Cl)C2=C(C[C@H](c3ccccc3)CC2=O)N1. The number of carbonyl (C=O) groups excluding carboxylic acids is 2. The summed E-state index contributed by atoms with van der Waals surface area (Å²) in [5.74, 6) is -0.299. The van der Waals surface area contributed by atoms with Crippen LogP contribution in [0.25, 0.3) is 0 Å². The van der Waals surface area contributed by atoms with Crippen LogP contribution in [-0.4, -0.2) is 25.0 Å². The van der Waals surface area contributed by atoms with Crippen molar-refractivity contribution in [1.82, 2.24) is 5.32 Å². The number of hydrogen-bond donors (Lipinski definition) is 1. The van der Waals surface area contributed by atoms with Gasteiger partial charge in [0.2, 0.25) is 0 Å². The number of para-hydroxylation sites is 1. The minimum absolute atomic E-state index is 0.0118. The number of dihydropyridines is 1. The van der Waals surface area contributed by atoms with Crippen LogP contribution in [0.3, 0.4) is 0 Å². The standard InChI is InChI=1S/C31H28ClNO4/c1-20-28(31(35)37-17-16-36-23-12-6-3-7-13-23)29(24-14-8-9-15-25(24)32)30-26(33-20)18-22(19-27(30)34)21-10-4-2-5-11-21/h2-15,22,29,33H,16-19H2,1H3/t22-,29-/m0/s1. The molecule has 2 atom stereocenters. The molecule has 0 saturated carbocycles. The molecule has 1 aliphatic carbocycles. The number of nitrogens with one attached hydrogen (secondary N) is 1. The Labute approximate surface area is 221 Å². The van der Waals surface area contributed by atoms with E-state index in [-0.39, 0.29) is 24.9 Å². The Hall–Kier alpha value is -3.83. The molecule has 0 spiro atoms. The minimum atomic E-state index is -0.600. The van der Waals surface area contributed by atoms with Crippen LogP contribution in [0.15, 0.2) is 107 Å². The van der Waals surface area contributed by atoms with Gasteiger partial charge in [-0.2, -0.15) is 0 Å². The number of rotatable bonds is 7. The number of halogens is 1. The third-order valence-corrected chi connectivity index (χ3v) is 7.21.